The number of anilines is 1. The van der Waals surface area contributed by atoms with E-state index in [2.05, 4.69) is 63.1 Å². The van der Waals surface area contributed by atoms with Crippen LogP contribution in [0.4, 0.5) is 5.69 Å². The number of amides is 1. The van der Waals surface area contributed by atoms with E-state index in [4.69, 9.17) is 4.74 Å². The molecule has 1 aliphatic rings. The number of carbonyl (C=O) groups excluding carboxylic acids is 1. The lowest BCUT2D eigenvalue weighted by molar-refractivity contribution is -0.120. The fourth-order valence-corrected chi connectivity index (χ4v) is 4.61. The van der Waals surface area contributed by atoms with Crippen molar-refractivity contribution in [2.75, 3.05) is 12.0 Å². The summed E-state index contributed by atoms with van der Waals surface area (Å²) in [5, 5.41) is 4.49. The van der Waals surface area contributed by atoms with E-state index in [0.717, 1.165) is 41.8 Å². The summed E-state index contributed by atoms with van der Waals surface area (Å²) in [6.45, 7) is 9.09. The molecule has 1 heterocycles. The zero-order valence-electron chi connectivity index (χ0n) is 20.4. The maximum Gasteiger partial charge on any atom is 0.234 e. The van der Waals surface area contributed by atoms with Gasteiger partial charge in [0.1, 0.15) is 5.75 Å². The Hall–Kier alpha value is -3.08. The first kappa shape index (κ1) is 23.1. The number of hydrogen-bond donors (Lipinski definition) is 0. The van der Waals surface area contributed by atoms with E-state index in [1.807, 2.05) is 34.1 Å². The monoisotopic (exact) mass is 445 g/mol. The van der Waals surface area contributed by atoms with E-state index >= 15 is 0 Å². The highest BCUT2D eigenvalue weighted by molar-refractivity contribution is 5.98. The van der Waals surface area contributed by atoms with E-state index < -0.39 is 0 Å². The van der Waals surface area contributed by atoms with Gasteiger partial charge in [-0.05, 0) is 80.0 Å². The Labute approximate surface area is 197 Å². The maximum atomic E-state index is 14.1. The summed E-state index contributed by atoms with van der Waals surface area (Å²) >= 11 is 0. The quantitative estimate of drug-likeness (QED) is 0.432. The second-order valence-corrected chi connectivity index (χ2v) is 9.60. The van der Waals surface area contributed by atoms with Gasteiger partial charge in [-0.15, -0.1) is 0 Å². The summed E-state index contributed by atoms with van der Waals surface area (Å²) < 4.78 is 7.42. The standard InChI is InChI=1S/C28H35N3O2/c1-19(2)22-9-12-24(13-10-22)30(17-21-16-29-31(18-21)20(3)4)28(32)26-8-6-7-23-11-14-25(33-5)15-27(23)26/h9-16,18-20,26H,6-8,17H2,1-5H3. The van der Waals surface area contributed by atoms with Crippen LogP contribution in [0.25, 0.3) is 0 Å². The molecule has 1 aromatic heterocycles. The molecule has 2 aromatic carbocycles. The van der Waals surface area contributed by atoms with Crippen LogP contribution in [0.3, 0.4) is 0 Å². The Kier molecular flexibility index (Phi) is 6.87. The molecule has 0 bridgehead atoms. The van der Waals surface area contributed by atoms with Gasteiger partial charge < -0.3 is 9.64 Å². The molecule has 0 saturated carbocycles. The van der Waals surface area contributed by atoms with Gasteiger partial charge in [0.05, 0.1) is 25.8 Å². The van der Waals surface area contributed by atoms with Gasteiger partial charge in [-0.1, -0.05) is 32.0 Å². The van der Waals surface area contributed by atoms with Crippen molar-refractivity contribution in [2.24, 2.45) is 0 Å². The molecule has 5 nitrogen and oxygen atoms in total. The summed E-state index contributed by atoms with van der Waals surface area (Å²) in [4.78, 5) is 16.0. The lowest BCUT2D eigenvalue weighted by atomic mass is 9.81. The first-order chi connectivity index (χ1) is 15.9. The summed E-state index contributed by atoms with van der Waals surface area (Å²) in [6.07, 6.45) is 6.80. The third-order valence-corrected chi connectivity index (χ3v) is 6.63. The van der Waals surface area contributed by atoms with Gasteiger partial charge in [-0.25, -0.2) is 0 Å². The number of ether oxygens (including phenoxy) is 1. The lowest BCUT2D eigenvalue weighted by Crippen LogP contribution is -2.36. The van der Waals surface area contributed by atoms with Gasteiger partial charge >= 0.3 is 0 Å². The molecule has 4 rings (SSSR count). The number of benzene rings is 2. The van der Waals surface area contributed by atoms with Crippen molar-refractivity contribution >= 4 is 11.6 Å². The Bertz CT molecular complexity index is 1100. The number of rotatable bonds is 7. The molecular weight excluding hydrogens is 410 g/mol. The predicted octanol–water partition coefficient (Wildman–Crippen LogP) is 6.25. The summed E-state index contributed by atoms with van der Waals surface area (Å²) in [5.74, 6) is 1.22. The summed E-state index contributed by atoms with van der Waals surface area (Å²) in [7, 11) is 1.68. The van der Waals surface area contributed by atoms with Crippen molar-refractivity contribution in [1.29, 1.82) is 0 Å². The molecule has 0 fully saturated rings. The van der Waals surface area contributed by atoms with Crippen molar-refractivity contribution in [3.05, 3.63) is 77.1 Å². The van der Waals surface area contributed by atoms with Crippen molar-refractivity contribution in [1.82, 2.24) is 9.78 Å². The number of fused-ring (bicyclic) bond motifs is 1. The van der Waals surface area contributed by atoms with E-state index in [1.54, 1.807) is 7.11 Å². The molecule has 0 spiro atoms. The molecule has 1 atom stereocenters. The minimum absolute atomic E-state index is 0.138. The van der Waals surface area contributed by atoms with Gasteiger partial charge in [0.15, 0.2) is 0 Å². The summed E-state index contributed by atoms with van der Waals surface area (Å²) in [5.41, 5.74) is 5.59. The van der Waals surface area contributed by atoms with Crippen LogP contribution < -0.4 is 9.64 Å². The van der Waals surface area contributed by atoms with Crippen LogP contribution in [-0.2, 0) is 17.8 Å². The molecule has 0 saturated heterocycles. The molecule has 33 heavy (non-hydrogen) atoms. The highest BCUT2D eigenvalue weighted by Crippen LogP contribution is 2.37. The third-order valence-electron chi connectivity index (χ3n) is 6.63. The third kappa shape index (κ3) is 4.97. The SMILES string of the molecule is COc1ccc2c(c1)C(C(=O)N(Cc1cnn(C(C)C)c1)c1ccc(C(C)C)cc1)CCC2. The largest absolute Gasteiger partial charge is 0.497 e. The maximum absolute atomic E-state index is 14.1. The van der Waals surface area contributed by atoms with Crippen LogP contribution in [0.2, 0.25) is 0 Å². The molecule has 5 heteroatoms. The van der Waals surface area contributed by atoms with Crippen LogP contribution in [0.15, 0.2) is 54.9 Å². The second kappa shape index (κ2) is 9.82. The van der Waals surface area contributed by atoms with E-state index in [1.165, 1.54) is 11.1 Å². The molecule has 0 aliphatic heterocycles. The zero-order chi connectivity index (χ0) is 23.5. The van der Waals surface area contributed by atoms with Gasteiger partial charge in [0, 0.05) is 23.5 Å². The minimum Gasteiger partial charge on any atom is -0.497 e. The first-order valence-electron chi connectivity index (χ1n) is 12.0. The average molecular weight is 446 g/mol. The Morgan fingerprint density at radius 1 is 1.15 bits per heavy atom. The predicted molar refractivity (Wildman–Crippen MR) is 133 cm³/mol. The average Bonchev–Trinajstić information content (AvgIpc) is 3.30. The smallest absolute Gasteiger partial charge is 0.234 e. The lowest BCUT2D eigenvalue weighted by Gasteiger charge is -2.31. The zero-order valence-corrected chi connectivity index (χ0v) is 20.4. The number of nitrogens with zero attached hydrogens (tertiary/aromatic N) is 3. The van der Waals surface area contributed by atoms with Crippen molar-refractivity contribution in [3.8, 4) is 5.75 Å². The van der Waals surface area contributed by atoms with E-state index in [-0.39, 0.29) is 17.9 Å². The van der Waals surface area contributed by atoms with Gasteiger partial charge in [0.2, 0.25) is 5.91 Å². The van der Waals surface area contributed by atoms with E-state index in [0.29, 0.717) is 12.5 Å². The fraction of sp³-hybridized carbons (Fsp3) is 0.429. The number of carbonyl (C=O) groups is 1. The molecule has 1 unspecified atom stereocenters. The summed E-state index contributed by atoms with van der Waals surface area (Å²) in [6, 6.07) is 14.9. The topological polar surface area (TPSA) is 47.4 Å². The molecule has 0 radical (unpaired) electrons. The number of aryl methyl sites for hydroxylation is 1. The van der Waals surface area contributed by atoms with Crippen LogP contribution in [0, 0.1) is 0 Å². The normalized spacial score (nSPS) is 15.5. The Morgan fingerprint density at radius 2 is 1.91 bits per heavy atom. The van der Waals surface area contributed by atoms with Crippen LogP contribution in [-0.4, -0.2) is 22.8 Å². The van der Waals surface area contributed by atoms with Gasteiger partial charge in [0.25, 0.3) is 0 Å². The van der Waals surface area contributed by atoms with Gasteiger partial charge in [-0.3, -0.25) is 9.48 Å². The molecule has 1 aliphatic carbocycles. The van der Waals surface area contributed by atoms with E-state index in [9.17, 15) is 4.79 Å². The first-order valence-corrected chi connectivity index (χ1v) is 12.0. The minimum atomic E-state index is -0.172. The molecule has 0 N–H and O–H groups in total. The number of aromatic nitrogens is 2. The van der Waals surface area contributed by atoms with Crippen molar-refractivity contribution in [3.63, 3.8) is 0 Å². The second-order valence-electron chi connectivity index (χ2n) is 9.60. The molecule has 174 valence electrons. The Balaban J connectivity index is 1.70. The highest BCUT2D eigenvalue weighted by atomic mass is 16.5. The van der Waals surface area contributed by atoms with Crippen LogP contribution in [0.1, 0.15) is 80.7 Å². The number of methoxy groups -OCH3 is 1. The highest BCUT2D eigenvalue weighted by Gasteiger charge is 2.31. The van der Waals surface area contributed by atoms with Crippen LogP contribution >= 0.6 is 0 Å². The number of hydrogen-bond acceptors (Lipinski definition) is 3. The van der Waals surface area contributed by atoms with Crippen molar-refractivity contribution < 1.29 is 9.53 Å². The van der Waals surface area contributed by atoms with Crippen LogP contribution in [0.5, 0.6) is 5.75 Å². The van der Waals surface area contributed by atoms with Gasteiger partial charge in [-0.2, -0.15) is 5.10 Å². The molecule has 1 amide bonds. The molecular formula is C28H35N3O2. The van der Waals surface area contributed by atoms with Crippen molar-refractivity contribution in [2.45, 2.75) is 71.4 Å². The molecule has 3 aromatic rings. The Morgan fingerprint density at radius 3 is 2.55 bits per heavy atom. The fourth-order valence-electron chi connectivity index (χ4n) is 4.61.